The highest BCUT2D eigenvalue weighted by Crippen LogP contribution is 2.26. The Kier molecular flexibility index (Phi) is 2.90. The Labute approximate surface area is 70.5 Å². The number of rotatable bonds is 3. The molecular formula is C8H11NO3. The van der Waals surface area contributed by atoms with Crippen molar-refractivity contribution in [1.82, 2.24) is 0 Å². The average Bonchev–Trinajstić information content (AvgIpc) is 2.09. The van der Waals surface area contributed by atoms with Crippen LogP contribution in [0.15, 0.2) is 18.2 Å². The lowest BCUT2D eigenvalue weighted by Crippen LogP contribution is -1.98. The fraction of sp³-hybridized carbons (Fsp3) is 0.250. The van der Waals surface area contributed by atoms with Crippen molar-refractivity contribution in [3.63, 3.8) is 0 Å². The molecule has 0 atom stereocenters. The predicted octanol–water partition coefficient (Wildman–Crippen LogP) is 0.791. The van der Waals surface area contributed by atoms with E-state index in [1.807, 2.05) is 0 Å². The van der Waals surface area contributed by atoms with Crippen LogP contribution in [0.4, 0.5) is 0 Å². The number of hydrogen-bond acceptors (Lipinski definition) is 4. The normalized spacial score (nSPS) is 9.83. The molecular weight excluding hydrogens is 158 g/mol. The number of methoxy groups -OCH3 is 1. The molecule has 0 saturated carbocycles. The standard InChI is InChI=1S/C8H11NO3/c1-11-8-4-6(5-12-9)2-3-7(8)10/h2-4,10H,5,9H2,1H3. The number of ether oxygens (including phenoxy) is 1. The van der Waals surface area contributed by atoms with E-state index in [9.17, 15) is 5.11 Å². The molecule has 4 nitrogen and oxygen atoms in total. The summed E-state index contributed by atoms with van der Waals surface area (Å²) in [6.07, 6.45) is 0. The number of nitrogens with two attached hydrogens (primary N) is 1. The first-order valence-electron chi connectivity index (χ1n) is 3.45. The molecule has 0 amide bonds. The van der Waals surface area contributed by atoms with Gasteiger partial charge in [-0.15, -0.1) is 0 Å². The van der Waals surface area contributed by atoms with Crippen LogP contribution in [0, 0.1) is 0 Å². The highest BCUT2D eigenvalue weighted by molar-refractivity contribution is 5.41. The predicted molar refractivity (Wildman–Crippen MR) is 43.6 cm³/mol. The van der Waals surface area contributed by atoms with E-state index in [-0.39, 0.29) is 5.75 Å². The summed E-state index contributed by atoms with van der Waals surface area (Å²) in [6, 6.07) is 4.92. The molecule has 1 rings (SSSR count). The molecule has 3 N–H and O–H groups in total. The van der Waals surface area contributed by atoms with E-state index in [4.69, 9.17) is 10.6 Å². The Bertz CT molecular complexity index is 262. The first-order chi connectivity index (χ1) is 5.77. The maximum atomic E-state index is 9.21. The molecule has 0 saturated heterocycles. The van der Waals surface area contributed by atoms with Gasteiger partial charge in [0, 0.05) is 0 Å². The zero-order valence-corrected chi connectivity index (χ0v) is 6.78. The van der Waals surface area contributed by atoms with Gasteiger partial charge in [-0.05, 0) is 17.7 Å². The Morgan fingerprint density at radius 2 is 2.25 bits per heavy atom. The lowest BCUT2D eigenvalue weighted by atomic mass is 10.2. The Hall–Kier alpha value is -1.26. The third-order valence-electron chi connectivity index (χ3n) is 1.49. The van der Waals surface area contributed by atoms with Gasteiger partial charge in [0.1, 0.15) is 0 Å². The SMILES string of the molecule is COc1cc(CON)ccc1O. The summed E-state index contributed by atoms with van der Waals surface area (Å²) in [5.74, 6) is 5.42. The van der Waals surface area contributed by atoms with Crippen LogP contribution in [-0.2, 0) is 11.4 Å². The fourth-order valence-electron chi connectivity index (χ4n) is 0.908. The first-order valence-corrected chi connectivity index (χ1v) is 3.45. The van der Waals surface area contributed by atoms with Crippen molar-refractivity contribution >= 4 is 0 Å². The van der Waals surface area contributed by atoms with Crippen LogP contribution < -0.4 is 10.6 Å². The van der Waals surface area contributed by atoms with Crippen LogP contribution >= 0.6 is 0 Å². The lowest BCUT2D eigenvalue weighted by molar-refractivity contribution is 0.124. The second-order valence-electron chi connectivity index (χ2n) is 2.32. The zero-order valence-electron chi connectivity index (χ0n) is 6.78. The van der Waals surface area contributed by atoms with Crippen molar-refractivity contribution < 1.29 is 14.7 Å². The molecule has 0 spiro atoms. The van der Waals surface area contributed by atoms with Crippen molar-refractivity contribution in [2.75, 3.05) is 7.11 Å². The highest BCUT2D eigenvalue weighted by atomic mass is 16.6. The smallest absolute Gasteiger partial charge is 0.160 e. The molecule has 0 unspecified atom stereocenters. The third kappa shape index (κ3) is 1.87. The molecule has 0 fully saturated rings. The van der Waals surface area contributed by atoms with Crippen LogP contribution in [0.2, 0.25) is 0 Å². The molecule has 1 aromatic carbocycles. The van der Waals surface area contributed by atoms with E-state index in [1.54, 1.807) is 12.1 Å². The number of phenolic OH excluding ortho intramolecular Hbond substituents is 1. The summed E-state index contributed by atoms with van der Waals surface area (Å²) < 4.78 is 4.89. The van der Waals surface area contributed by atoms with Crippen molar-refractivity contribution in [2.45, 2.75) is 6.61 Å². The Balaban J connectivity index is 2.89. The molecule has 1 aromatic rings. The van der Waals surface area contributed by atoms with Crippen LogP contribution in [0.3, 0.4) is 0 Å². The molecule has 12 heavy (non-hydrogen) atoms. The van der Waals surface area contributed by atoms with Gasteiger partial charge in [-0.1, -0.05) is 6.07 Å². The first kappa shape index (κ1) is 8.83. The minimum Gasteiger partial charge on any atom is -0.504 e. The molecule has 66 valence electrons. The van der Waals surface area contributed by atoms with Crippen molar-refractivity contribution in [2.24, 2.45) is 5.90 Å². The maximum absolute atomic E-state index is 9.21. The third-order valence-corrected chi connectivity index (χ3v) is 1.49. The van der Waals surface area contributed by atoms with Gasteiger partial charge in [0.2, 0.25) is 0 Å². The molecule has 0 aromatic heterocycles. The molecule has 0 aliphatic carbocycles. The van der Waals surface area contributed by atoms with Crippen molar-refractivity contribution in [3.8, 4) is 11.5 Å². The summed E-state index contributed by atoms with van der Waals surface area (Å²) in [5, 5.41) is 9.21. The number of aromatic hydroxyl groups is 1. The molecule has 0 bridgehead atoms. The van der Waals surface area contributed by atoms with Crippen LogP contribution in [0.5, 0.6) is 11.5 Å². The average molecular weight is 169 g/mol. The van der Waals surface area contributed by atoms with Crippen molar-refractivity contribution in [3.05, 3.63) is 23.8 Å². The van der Waals surface area contributed by atoms with E-state index < -0.39 is 0 Å². The van der Waals surface area contributed by atoms with Crippen LogP contribution in [0.1, 0.15) is 5.56 Å². The van der Waals surface area contributed by atoms with Gasteiger partial charge in [0.25, 0.3) is 0 Å². The van der Waals surface area contributed by atoms with Gasteiger partial charge in [-0.2, -0.15) is 0 Å². The van der Waals surface area contributed by atoms with Gasteiger partial charge < -0.3 is 9.84 Å². The van der Waals surface area contributed by atoms with Crippen LogP contribution in [-0.4, -0.2) is 12.2 Å². The van der Waals surface area contributed by atoms with E-state index in [2.05, 4.69) is 4.84 Å². The zero-order chi connectivity index (χ0) is 8.97. The topological polar surface area (TPSA) is 64.7 Å². The summed E-state index contributed by atoms with van der Waals surface area (Å²) >= 11 is 0. The van der Waals surface area contributed by atoms with Crippen molar-refractivity contribution in [1.29, 1.82) is 0 Å². The Morgan fingerprint density at radius 3 is 2.83 bits per heavy atom. The fourth-order valence-corrected chi connectivity index (χ4v) is 0.908. The van der Waals surface area contributed by atoms with E-state index in [0.29, 0.717) is 12.4 Å². The minimum atomic E-state index is 0.110. The van der Waals surface area contributed by atoms with Gasteiger partial charge in [-0.3, -0.25) is 4.84 Å². The van der Waals surface area contributed by atoms with E-state index in [0.717, 1.165) is 5.56 Å². The van der Waals surface area contributed by atoms with Crippen LogP contribution in [0.25, 0.3) is 0 Å². The second-order valence-corrected chi connectivity index (χ2v) is 2.32. The number of benzene rings is 1. The molecule has 0 aliphatic heterocycles. The lowest BCUT2D eigenvalue weighted by Gasteiger charge is -2.04. The maximum Gasteiger partial charge on any atom is 0.160 e. The Morgan fingerprint density at radius 1 is 1.50 bits per heavy atom. The number of hydrogen-bond donors (Lipinski definition) is 2. The molecule has 0 heterocycles. The molecule has 0 aliphatic rings. The monoisotopic (exact) mass is 169 g/mol. The summed E-state index contributed by atoms with van der Waals surface area (Å²) in [4.78, 5) is 4.43. The minimum absolute atomic E-state index is 0.110. The number of phenols is 1. The van der Waals surface area contributed by atoms with Gasteiger partial charge in [-0.25, -0.2) is 5.90 Å². The summed E-state index contributed by atoms with van der Waals surface area (Å²) in [7, 11) is 1.49. The van der Waals surface area contributed by atoms with E-state index >= 15 is 0 Å². The van der Waals surface area contributed by atoms with Gasteiger partial charge in [0.15, 0.2) is 11.5 Å². The van der Waals surface area contributed by atoms with E-state index in [1.165, 1.54) is 13.2 Å². The summed E-state index contributed by atoms with van der Waals surface area (Å²) in [6.45, 7) is 0.302. The van der Waals surface area contributed by atoms with Gasteiger partial charge >= 0.3 is 0 Å². The molecule has 0 radical (unpaired) electrons. The largest absolute Gasteiger partial charge is 0.504 e. The molecule has 4 heteroatoms. The second kappa shape index (κ2) is 3.94. The van der Waals surface area contributed by atoms with Gasteiger partial charge in [0.05, 0.1) is 13.7 Å². The highest BCUT2D eigenvalue weighted by Gasteiger charge is 2.01. The summed E-state index contributed by atoms with van der Waals surface area (Å²) in [5.41, 5.74) is 0.854. The quantitative estimate of drug-likeness (QED) is 0.656.